The van der Waals surface area contributed by atoms with Crippen LogP contribution in [0.15, 0.2) is 66.9 Å². The third-order valence-electron chi connectivity index (χ3n) is 5.22. The summed E-state index contributed by atoms with van der Waals surface area (Å²) in [4.78, 5) is 16.8. The Balaban J connectivity index is 1.64. The van der Waals surface area contributed by atoms with Crippen LogP contribution in [0.2, 0.25) is 0 Å². The topological polar surface area (TPSA) is 54.5 Å². The third kappa shape index (κ3) is 3.73. The van der Waals surface area contributed by atoms with Gasteiger partial charge in [-0.15, -0.1) is 0 Å². The minimum absolute atomic E-state index is 0.00987. The molecule has 0 atom stereocenters. The summed E-state index contributed by atoms with van der Waals surface area (Å²) in [5, 5.41) is 0.948. The molecule has 0 unspecified atom stereocenters. The lowest BCUT2D eigenvalue weighted by molar-refractivity contribution is 0.490. The molecule has 0 saturated carbocycles. The van der Waals surface area contributed by atoms with Crippen molar-refractivity contribution in [3.63, 3.8) is 0 Å². The lowest BCUT2D eigenvalue weighted by Crippen LogP contribution is -1.98. The van der Waals surface area contributed by atoms with E-state index < -0.39 is 17.5 Å². The van der Waals surface area contributed by atoms with Gasteiger partial charge in [0.05, 0.1) is 22.6 Å². The smallest absolute Gasteiger partial charge is 0.161 e. The molecule has 0 saturated heterocycles. The number of aromatic nitrogens is 4. The Morgan fingerprint density at radius 2 is 1.69 bits per heavy atom. The zero-order chi connectivity index (χ0) is 22.2. The van der Waals surface area contributed by atoms with Gasteiger partial charge in [-0.1, -0.05) is 18.2 Å². The number of aromatic amines is 1. The maximum Gasteiger partial charge on any atom is 0.161 e. The molecular formula is C25H17F3N4. The van der Waals surface area contributed by atoms with Crippen LogP contribution in [0.5, 0.6) is 0 Å². The van der Waals surface area contributed by atoms with Gasteiger partial charge in [-0.25, -0.2) is 18.2 Å². The Morgan fingerprint density at radius 3 is 2.53 bits per heavy atom. The molecule has 0 radical (unpaired) electrons. The molecule has 0 spiro atoms. The van der Waals surface area contributed by atoms with Crippen LogP contribution in [-0.4, -0.2) is 19.9 Å². The molecule has 3 aromatic heterocycles. The van der Waals surface area contributed by atoms with Crippen molar-refractivity contribution in [3.05, 3.63) is 101 Å². The number of imidazole rings is 1. The molecule has 32 heavy (non-hydrogen) atoms. The molecule has 0 bridgehead atoms. The van der Waals surface area contributed by atoms with Gasteiger partial charge in [-0.05, 0) is 48.9 Å². The summed E-state index contributed by atoms with van der Waals surface area (Å²) in [6.45, 7) is 1.89. The van der Waals surface area contributed by atoms with Crippen LogP contribution in [0, 0.1) is 24.4 Å². The van der Waals surface area contributed by atoms with Gasteiger partial charge in [-0.2, -0.15) is 0 Å². The molecular weight excluding hydrogens is 413 g/mol. The first-order chi connectivity index (χ1) is 15.5. The Labute approximate surface area is 181 Å². The monoisotopic (exact) mass is 430 g/mol. The van der Waals surface area contributed by atoms with Crippen LogP contribution < -0.4 is 0 Å². The number of pyridine rings is 2. The summed E-state index contributed by atoms with van der Waals surface area (Å²) < 4.78 is 41.2. The second-order valence-electron chi connectivity index (χ2n) is 7.52. The summed E-state index contributed by atoms with van der Waals surface area (Å²) in [6, 6.07) is 16.6. The van der Waals surface area contributed by atoms with E-state index in [2.05, 4.69) is 19.9 Å². The van der Waals surface area contributed by atoms with Gasteiger partial charge < -0.3 is 4.98 Å². The van der Waals surface area contributed by atoms with E-state index in [9.17, 15) is 13.2 Å². The van der Waals surface area contributed by atoms with Crippen LogP contribution in [0.3, 0.4) is 0 Å². The summed E-state index contributed by atoms with van der Waals surface area (Å²) in [5.41, 5.74) is 4.50. The van der Waals surface area contributed by atoms with E-state index in [0.29, 0.717) is 29.0 Å². The Morgan fingerprint density at radius 1 is 0.844 bits per heavy atom. The summed E-state index contributed by atoms with van der Waals surface area (Å²) in [7, 11) is 0. The zero-order valence-electron chi connectivity index (χ0n) is 17.0. The normalized spacial score (nSPS) is 11.2. The standard InChI is InChI=1S/C25H17F3N4/c1-14-4-2-6-22(30-14)25-24(16-7-8-21-15(10-16)5-3-9-29-21)31-23(32-25)12-17-11-19(27)20(28)13-18(17)26/h2-11,13H,12H2,1H3,(H,31,32). The van der Waals surface area contributed by atoms with E-state index in [4.69, 9.17) is 0 Å². The maximum absolute atomic E-state index is 14.2. The predicted molar refractivity (Wildman–Crippen MR) is 116 cm³/mol. The number of nitrogens with zero attached hydrogens (tertiary/aromatic N) is 3. The average molecular weight is 430 g/mol. The molecule has 1 N–H and O–H groups in total. The van der Waals surface area contributed by atoms with E-state index in [1.165, 1.54) is 0 Å². The number of hydrogen-bond donors (Lipinski definition) is 1. The van der Waals surface area contributed by atoms with Crippen LogP contribution >= 0.6 is 0 Å². The third-order valence-corrected chi connectivity index (χ3v) is 5.22. The number of aryl methyl sites for hydroxylation is 1. The zero-order valence-corrected chi connectivity index (χ0v) is 17.0. The van der Waals surface area contributed by atoms with Gasteiger partial charge in [-0.3, -0.25) is 9.97 Å². The molecule has 5 aromatic rings. The fraction of sp³-hybridized carbons (Fsp3) is 0.0800. The minimum Gasteiger partial charge on any atom is -0.340 e. The van der Waals surface area contributed by atoms with Crippen molar-refractivity contribution < 1.29 is 13.2 Å². The van der Waals surface area contributed by atoms with Crippen LogP contribution in [-0.2, 0) is 6.42 Å². The van der Waals surface area contributed by atoms with E-state index in [1.807, 2.05) is 55.5 Å². The fourth-order valence-electron chi connectivity index (χ4n) is 3.69. The van der Waals surface area contributed by atoms with Crippen LogP contribution in [0.4, 0.5) is 13.2 Å². The second kappa shape index (κ2) is 7.92. The molecule has 0 aliphatic rings. The largest absolute Gasteiger partial charge is 0.340 e. The average Bonchev–Trinajstić information content (AvgIpc) is 3.21. The predicted octanol–water partition coefficient (Wildman–Crippen LogP) is 6.00. The maximum atomic E-state index is 14.2. The Hall–Kier alpha value is -4.00. The SMILES string of the molecule is Cc1cccc(-c2[nH]c(Cc3cc(F)c(F)cc3F)nc2-c2ccc3ncccc3c2)n1. The molecule has 158 valence electrons. The van der Waals surface area contributed by atoms with E-state index in [-0.39, 0.29) is 12.0 Å². The van der Waals surface area contributed by atoms with E-state index in [0.717, 1.165) is 28.2 Å². The second-order valence-corrected chi connectivity index (χ2v) is 7.52. The van der Waals surface area contributed by atoms with Crippen molar-refractivity contribution in [2.45, 2.75) is 13.3 Å². The number of nitrogens with one attached hydrogen (secondary N) is 1. The lowest BCUT2D eigenvalue weighted by atomic mass is 10.1. The number of rotatable bonds is 4. The Kier molecular flexibility index (Phi) is 4.93. The van der Waals surface area contributed by atoms with Crippen molar-refractivity contribution in [3.8, 4) is 22.6 Å². The number of halogens is 3. The number of benzene rings is 2. The number of fused-ring (bicyclic) bond motifs is 1. The van der Waals surface area contributed by atoms with Crippen LogP contribution in [0.25, 0.3) is 33.5 Å². The molecule has 2 aromatic carbocycles. The lowest BCUT2D eigenvalue weighted by Gasteiger charge is -2.05. The number of hydrogen-bond acceptors (Lipinski definition) is 3. The van der Waals surface area contributed by atoms with Crippen molar-refractivity contribution >= 4 is 10.9 Å². The van der Waals surface area contributed by atoms with Gasteiger partial charge in [0.1, 0.15) is 11.6 Å². The first-order valence-electron chi connectivity index (χ1n) is 9.99. The van der Waals surface area contributed by atoms with E-state index in [1.54, 1.807) is 6.20 Å². The van der Waals surface area contributed by atoms with Crippen molar-refractivity contribution in [1.82, 2.24) is 19.9 Å². The van der Waals surface area contributed by atoms with Crippen molar-refractivity contribution in [2.24, 2.45) is 0 Å². The first kappa shape index (κ1) is 19.9. The molecule has 0 aliphatic heterocycles. The van der Waals surface area contributed by atoms with Gasteiger partial charge >= 0.3 is 0 Å². The highest BCUT2D eigenvalue weighted by Crippen LogP contribution is 2.32. The number of H-pyrrole nitrogens is 1. The molecule has 4 nitrogen and oxygen atoms in total. The highest BCUT2D eigenvalue weighted by Gasteiger charge is 2.18. The first-order valence-corrected chi connectivity index (χ1v) is 9.99. The molecule has 7 heteroatoms. The fourth-order valence-corrected chi connectivity index (χ4v) is 3.69. The highest BCUT2D eigenvalue weighted by atomic mass is 19.2. The highest BCUT2D eigenvalue weighted by molar-refractivity contribution is 5.86. The van der Waals surface area contributed by atoms with Crippen molar-refractivity contribution in [1.29, 1.82) is 0 Å². The summed E-state index contributed by atoms with van der Waals surface area (Å²) in [5.74, 6) is -2.74. The summed E-state index contributed by atoms with van der Waals surface area (Å²) >= 11 is 0. The molecule has 5 rings (SSSR count). The molecule has 3 heterocycles. The minimum atomic E-state index is -1.22. The van der Waals surface area contributed by atoms with Gasteiger partial charge in [0.2, 0.25) is 0 Å². The van der Waals surface area contributed by atoms with Gasteiger partial charge in [0.15, 0.2) is 11.6 Å². The molecule has 0 fully saturated rings. The molecule has 0 amide bonds. The van der Waals surface area contributed by atoms with E-state index >= 15 is 0 Å². The van der Waals surface area contributed by atoms with Crippen molar-refractivity contribution in [2.75, 3.05) is 0 Å². The van der Waals surface area contributed by atoms with Gasteiger partial charge in [0.25, 0.3) is 0 Å². The quantitative estimate of drug-likeness (QED) is 0.356. The molecule has 0 aliphatic carbocycles. The van der Waals surface area contributed by atoms with Crippen LogP contribution in [0.1, 0.15) is 17.1 Å². The Bertz CT molecular complexity index is 1460. The summed E-state index contributed by atoms with van der Waals surface area (Å²) in [6.07, 6.45) is 1.70. The van der Waals surface area contributed by atoms with Gasteiger partial charge in [0, 0.05) is 35.3 Å².